The number of thioether (sulfide) groups is 1. The molecule has 0 atom stereocenters. The van der Waals surface area contributed by atoms with E-state index in [9.17, 15) is 5.11 Å². The van der Waals surface area contributed by atoms with Gasteiger partial charge in [0.05, 0.1) is 25.0 Å². The van der Waals surface area contributed by atoms with Crippen molar-refractivity contribution in [3.8, 4) is 11.5 Å². The fourth-order valence-corrected chi connectivity index (χ4v) is 2.89. The molecule has 1 aromatic heterocycles. The van der Waals surface area contributed by atoms with Gasteiger partial charge >= 0.3 is 0 Å². The van der Waals surface area contributed by atoms with Crippen molar-refractivity contribution in [2.24, 2.45) is 0 Å². The van der Waals surface area contributed by atoms with Gasteiger partial charge in [-0.15, -0.1) is 6.58 Å². The van der Waals surface area contributed by atoms with Crippen LogP contribution in [0.2, 0.25) is 0 Å². The van der Waals surface area contributed by atoms with Crippen molar-refractivity contribution < 1.29 is 14.6 Å². The van der Waals surface area contributed by atoms with Crippen LogP contribution in [-0.4, -0.2) is 27.2 Å². The summed E-state index contributed by atoms with van der Waals surface area (Å²) in [6, 6.07) is 5.87. The molecule has 2 aromatic rings. The van der Waals surface area contributed by atoms with Gasteiger partial charge in [0, 0.05) is 5.75 Å². The second-order valence-corrected chi connectivity index (χ2v) is 5.55. The Hall–Kier alpha value is -1.92. The highest BCUT2D eigenvalue weighted by molar-refractivity contribution is 7.99. The molecule has 0 fully saturated rings. The zero-order valence-electron chi connectivity index (χ0n) is 11.5. The van der Waals surface area contributed by atoms with Gasteiger partial charge in [-0.05, 0) is 17.7 Å². The topological polar surface area (TPSA) is 56.5 Å². The zero-order chi connectivity index (χ0) is 14.7. The maximum Gasteiger partial charge on any atom is 0.231 e. The molecule has 21 heavy (non-hydrogen) atoms. The molecule has 5 nitrogen and oxygen atoms in total. The lowest BCUT2D eigenvalue weighted by atomic mass is 10.2. The molecule has 0 saturated carbocycles. The second-order valence-electron chi connectivity index (χ2n) is 4.56. The Kier molecular flexibility index (Phi) is 4.17. The first-order chi connectivity index (χ1) is 10.3. The van der Waals surface area contributed by atoms with Gasteiger partial charge in [0.1, 0.15) is 0 Å². The number of aliphatic hydroxyl groups excluding tert-OH is 1. The molecule has 0 saturated heterocycles. The minimum Gasteiger partial charge on any atom is -0.454 e. The maximum absolute atomic E-state index is 9.46. The molecule has 0 unspecified atom stereocenters. The molecule has 6 heteroatoms. The highest BCUT2D eigenvalue weighted by atomic mass is 32.2. The lowest BCUT2D eigenvalue weighted by Gasteiger charge is -2.11. The van der Waals surface area contributed by atoms with E-state index >= 15 is 0 Å². The standard InChI is InChI=1S/C15H16N2O3S/c1-2-5-21-15-16-7-12(9-18)17(15)8-11-3-4-13-14(6-11)20-10-19-13/h2-4,6-7,18H,1,5,8-10H2. The average Bonchev–Trinajstić information content (AvgIpc) is 3.11. The van der Waals surface area contributed by atoms with Crippen LogP contribution in [0, 0.1) is 0 Å². The Bertz CT molecular complexity index is 654. The first-order valence-electron chi connectivity index (χ1n) is 6.59. The minimum atomic E-state index is -0.0355. The number of aromatic nitrogens is 2. The fourth-order valence-electron chi connectivity index (χ4n) is 2.16. The van der Waals surface area contributed by atoms with Gasteiger partial charge in [0.15, 0.2) is 16.7 Å². The van der Waals surface area contributed by atoms with Crippen LogP contribution in [-0.2, 0) is 13.2 Å². The van der Waals surface area contributed by atoms with E-state index in [4.69, 9.17) is 9.47 Å². The van der Waals surface area contributed by atoms with Crippen LogP contribution in [0.15, 0.2) is 42.2 Å². The molecular weight excluding hydrogens is 288 g/mol. The molecule has 110 valence electrons. The number of rotatable bonds is 6. The van der Waals surface area contributed by atoms with Crippen LogP contribution >= 0.6 is 11.8 Å². The smallest absolute Gasteiger partial charge is 0.231 e. The number of benzene rings is 1. The van der Waals surface area contributed by atoms with Crippen LogP contribution in [0.4, 0.5) is 0 Å². The maximum atomic E-state index is 9.46. The van der Waals surface area contributed by atoms with E-state index in [1.165, 1.54) is 0 Å². The largest absolute Gasteiger partial charge is 0.454 e. The summed E-state index contributed by atoms with van der Waals surface area (Å²) in [5, 5.41) is 10.3. The van der Waals surface area contributed by atoms with E-state index in [0.29, 0.717) is 6.54 Å². The van der Waals surface area contributed by atoms with E-state index < -0.39 is 0 Å². The van der Waals surface area contributed by atoms with Crippen molar-refractivity contribution in [2.45, 2.75) is 18.3 Å². The number of aliphatic hydroxyl groups is 1. The molecule has 0 aliphatic carbocycles. The van der Waals surface area contributed by atoms with E-state index in [2.05, 4.69) is 11.6 Å². The number of nitrogens with zero attached hydrogens (tertiary/aromatic N) is 2. The molecular formula is C15H16N2O3S. The van der Waals surface area contributed by atoms with Crippen LogP contribution in [0.25, 0.3) is 0 Å². The number of ether oxygens (including phenoxy) is 2. The van der Waals surface area contributed by atoms with Gasteiger partial charge < -0.3 is 19.1 Å². The van der Waals surface area contributed by atoms with Crippen molar-refractivity contribution in [1.29, 1.82) is 0 Å². The quantitative estimate of drug-likeness (QED) is 0.656. The summed E-state index contributed by atoms with van der Waals surface area (Å²) in [4.78, 5) is 4.36. The normalized spacial score (nSPS) is 12.6. The van der Waals surface area contributed by atoms with Crippen molar-refractivity contribution in [1.82, 2.24) is 9.55 Å². The molecule has 0 spiro atoms. The third-order valence-electron chi connectivity index (χ3n) is 3.17. The molecule has 0 amide bonds. The first kappa shape index (κ1) is 14.0. The third kappa shape index (κ3) is 2.91. The lowest BCUT2D eigenvalue weighted by Crippen LogP contribution is -2.06. The summed E-state index contributed by atoms with van der Waals surface area (Å²) in [7, 11) is 0. The van der Waals surface area contributed by atoms with Gasteiger partial charge in [0.25, 0.3) is 0 Å². The monoisotopic (exact) mass is 304 g/mol. The average molecular weight is 304 g/mol. The number of hydrogen-bond acceptors (Lipinski definition) is 5. The van der Waals surface area contributed by atoms with Gasteiger partial charge in [0.2, 0.25) is 6.79 Å². The molecule has 2 heterocycles. The molecule has 1 aliphatic heterocycles. The fraction of sp³-hybridized carbons (Fsp3) is 0.267. The first-order valence-corrected chi connectivity index (χ1v) is 7.58. The van der Waals surface area contributed by atoms with Crippen LogP contribution < -0.4 is 9.47 Å². The predicted octanol–water partition coefficient (Wildman–Crippen LogP) is 2.43. The number of fused-ring (bicyclic) bond motifs is 1. The highest BCUT2D eigenvalue weighted by Gasteiger charge is 2.15. The minimum absolute atomic E-state index is 0.0355. The number of hydrogen-bond donors (Lipinski definition) is 1. The second kappa shape index (κ2) is 6.24. The Morgan fingerprint density at radius 3 is 3.05 bits per heavy atom. The van der Waals surface area contributed by atoms with Crippen LogP contribution in [0.5, 0.6) is 11.5 Å². The summed E-state index contributed by atoms with van der Waals surface area (Å²) in [5.41, 5.74) is 1.87. The van der Waals surface area contributed by atoms with Gasteiger partial charge in [-0.3, -0.25) is 0 Å². The van der Waals surface area contributed by atoms with Crippen molar-refractivity contribution >= 4 is 11.8 Å². The van der Waals surface area contributed by atoms with Crippen molar-refractivity contribution in [2.75, 3.05) is 12.5 Å². The van der Waals surface area contributed by atoms with Crippen LogP contribution in [0.3, 0.4) is 0 Å². The van der Waals surface area contributed by atoms with Gasteiger partial charge in [-0.25, -0.2) is 4.98 Å². The highest BCUT2D eigenvalue weighted by Crippen LogP contribution is 2.33. The summed E-state index contributed by atoms with van der Waals surface area (Å²) < 4.78 is 12.7. The molecule has 1 aliphatic rings. The Labute approximate surface area is 127 Å². The Morgan fingerprint density at radius 2 is 2.24 bits per heavy atom. The molecule has 1 N–H and O–H groups in total. The SMILES string of the molecule is C=CCSc1ncc(CO)n1Cc1ccc2c(c1)OCO2. The summed E-state index contributed by atoms with van der Waals surface area (Å²) in [6.07, 6.45) is 3.54. The third-order valence-corrected chi connectivity index (χ3v) is 4.16. The summed E-state index contributed by atoms with van der Waals surface area (Å²) in [6.45, 7) is 4.58. The molecule has 3 rings (SSSR count). The van der Waals surface area contributed by atoms with E-state index in [1.807, 2.05) is 28.8 Å². The summed E-state index contributed by atoms with van der Waals surface area (Å²) in [5.74, 6) is 2.31. The van der Waals surface area contributed by atoms with Crippen LogP contribution in [0.1, 0.15) is 11.3 Å². The lowest BCUT2D eigenvalue weighted by molar-refractivity contribution is 0.174. The Morgan fingerprint density at radius 1 is 1.38 bits per heavy atom. The van der Waals surface area contributed by atoms with E-state index in [1.54, 1.807) is 18.0 Å². The van der Waals surface area contributed by atoms with Gasteiger partial charge in [-0.1, -0.05) is 23.9 Å². The number of imidazole rings is 1. The van der Waals surface area contributed by atoms with Gasteiger partial charge in [-0.2, -0.15) is 0 Å². The van der Waals surface area contributed by atoms with Crippen molar-refractivity contribution in [3.63, 3.8) is 0 Å². The summed E-state index contributed by atoms with van der Waals surface area (Å²) >= 11 is 1.59. The van der Waals surface area contributed by atoms with Crippen molar-refractivity contribution in [3.05, 3.63) is 48.3 Å². The van der Waals surface area contributed by atoms with E-state index in [0.717, 1.165) is 33.7 Å². The molecule has 1 aromatic carbocycles. The van der Waals surface area contributed by atoms with E-state index in [-0.39, 0.29) is 13.4 Å². The molecule has 0 bridgehead atoms. The molecule has 0 radical (unpaired) electrons. The predicted molar refractivity (Wildman–Crippen MR) is 80.7 cm³/mol. The Balaban J connectivity index is 1.86. The zero-order valence-corrected chi connectivity index (χ0v) is 12.3.